The van der Waals surface area contributed by atoms with Crippen LogP contribution in [-0.2, 0) is 6.54 Å². The maximum absolute atomic E-state index is 6.11. The van der Waals surface area contributed by atoms with Gasteiger partial charge in [0.25, 0.3) is 0 Å². The molecule has 1 saturated carbocycles. The van der Waals surface area contributed by atoms with E-state index < -0.39 is 0 Å². The van der Waals surface area contributed by atoms with Gasteiger partial charge in [-0.3, -0.25) is 0 Å². The Bertz CT molecular complexity index is 337. The van der Waals surface area contributed by atoms with Gasteiger partial charge in [0.15, 0.2) is 0 Å². The van der Waals surface area contributed by atoms with Crippen molar-refractivity contribution in [2.45, 2.75) is 44.3 Å². The molecule has 1 aliphatic rings. The predicted octanol–water partition coefficient (Wildman–Crippen LogP) is 2.05. The van der Waals surface area contributed by atoms with Crippen molar-refractivity contribution in [3.63, 3.8) is 0 Å². The highest BCUT2D eigenvalue weighted by molar-refractivity contribution is 5.27. The zero-order chi connectivity index (χ0) is 12.1. The van der Waals surface area contributed by atoms with E-state index in [9.17, 15) is 0 Å². The Labute approximate surface area is 103 Å². The Morgan fingerprint density at radius 2 is 1.94 bits per heavy atom. The molecule has 0 aliphatic heterocycles. The molecule has 0 saturated heterocycles. The quantitative estimate of drug-likeness (QED) is 0.838. The lowest BCUT2D eigenvalue weighted by Gasteiger charge is -2.29. The van der Waals surface area contributed by atoms with E-state index in [1.165, 1.54) is 24.8 Å². The number of methoxy groups -OCH3 is 1. The molecule has 1 fully saturated rings. The third-order valence-corrected chi connectivity index (χ3v) is 3.55. The fraction of sp³-hybridized carbons (Fsp3) is 0.571. The molecule has 0 heterocycles. The highest BCUT2D eigenvalue weighted by atomic mass is 16.5. The summed E-state index contributed by atoms with van der Waals surface area (Å²) < 4.78 is 5.14. The third-order valence-electron chi connectivity index (χ3n) is 3.55. The van der Waals surface area contributed by atoms with Crippen molar-refractivity contribution in [2.24, 2.45) is 5.73 Å². The Kier molecular flexibility index (Phi) is 4.40. The third kappa shape index (κ3) is 3.45. The summed E-state index contributed by atoms with van der Waals surface area (Å²) >= 11 is 0. The molecule has 1 aromatic carbocycles. The van der Waals surface area contributed by atoms with Crippen molar-refractivity contribution in [3.8, 4) is 5.75 Å². The minimum atomic E-state index is 0.321. The maximum Gasteiger partial charge on any atom is 0.118 e. The second kappa shape index (κ2) is 6.03. The van der Waals surface area contributed by atoms with E-state index >= 15 is 0 Å². The number of hydrogen-bond acceptors (Lipinski definition) is 3. The van der Waals surface area contributed by atoms with Gasteiger partial charge in [0.2, 0.25) is 0 Å². The largest absolute Gasteiger partial charge is 0.497 e. The van der Waals surface area contributed by atoms with Gasteiger partial charge in [0.05, 0.1) is 7.11 Å². The molecule has 0 bridgehead atoms. The molecule has 3 N–H and O–H groups in total. The molecule has 0 unspecified atom stereocenters. The molecular formula is C14H22N2O. The number of nitrogens with two attached hydrogens (primary N) is 1. The van der Waals surface area contributed by atoms with E-state index in [0.717, 1.165) is 18.7 Å². The van der Waals surface area contributed by atoms with Crippen molar-refractivity contribution in [1.29, 1.82) is 0 Å². The molecule has 1 aliphatic carbocycles. The highest BCUT2D eigenvalue weighted by Crippen LogP contribution is 2.17. The Morgan fingerprint density at radius 3 is 2.59 bits per heavy atom. The van der Waals surface area contributed by atoms with Gasteiger partial charge >= 0.3 is 0 Å². The molecule has 2 rings (SSSR count). The Balaban J connectivity index is 1.84. The molecule has 3 nitrogen and oxygen atoms in total. The Morgan fingerprint density at radius 1 is 1.24 bits per heavy atom. The average Bonchev–Trinajstić information content (AvgIpc) is 2.38. The monoisotopic (exact) mass is 234 g/mol. The molecule has 0 amide bonds. The van der Waals surface area contributed by atoms with Crippen LogP contribution in [0.2, 0.25) is 0 Å². The first-order chi connectivity index (χ1) is 8.29. The van der Waals surface area contributed by atoms with Crippen LogP contribution in [0.4, 0.5) is 0 Å². The van der Waals surface area contributed by atoms with Gasteiger partial charge in [0.1, 0.15) is 5.75 Å². The van der Waals surface area contributed by atoms with Gasteiger partial charge in [-0.25, -0.2) is 0 Å². The van der Waals surface area contributed by atoms with E-state index in [0.29, 0.717) is 12.1 Å². The summed E-state index contributed by atoms with van der Waals surface area (Å²) in [5.41, 5.74) is 7.39. The van der Waals surface area contributed by atoms with Crippen LogP contribution in [0.3, 0.4) is 0 Å². The molecule has 1 aromatic rings. The summed E-state index contributed by atoms with van der Waals surface area (Å²) in [6.07, 6.45) is 4.94. The molecule has 0 radical (unpaired) electrons. The second-order valence-corrected chi connectivity index (χ2v) is 4.78. The summed E-state index contributed by atoms with van der Waals surface area (Å²) in [4.78, 5) is 0. The van der Waals surface area contributed by atoms with Crippen molar-refractivity contribution in [3.05, 3.63) is 29.8 Å². The van der Waals surface area contributed by atoms with Crippen molar-refractivity contribution in [2.75, 3.05) is 7.11 Å². The van der Waals surface area contributed by atoms with E-state index in [2.05, 4.69) is 17.4 Å². The second-order valence-electron chi connectivity index (χ2n) is 4.78. The van der Waals surface area contributed by atoms with Gasteiger partial charge in [-0.1, -0.05) is 25.0 Å². The highest BCUT2D eigenvalue weighted by Gasteiger charge is 2.20. The van der Waals surface area contributed by atoms with Crippen LogP contribution in [0, 0.1) is 0 Å². The first kappa shape index (κ1) is 12.4. The summed E-state index contributed by atoms with van der Waals surface area (Å²) in [6, 6.07) is 8.99. The van der Waals surface area contributed by atoms with Crippen LogP contribution in [-0.4, -0.2) is 19.2 Å². The summed E-state index contributed by atoms with van der Waals surface area (Å²) in [5, 5.41) is 3.56. The van der Waals surface area contributed by atoms with Gasteiger partial charge < -0.3 is 15.8 Å². The zero-order valence-corrected chi connectivity index (χ0v) is 10.5. The number of nitrogens with one attached hydrogen (secondary N) is 1. The zero-order valence-electron chi connectivity index (χ0n) is 10.5. The van der Waals surface area contributed by atoms with Gasteiger partial charge in [0, 0.05) is 18.6 Å². The number of benzene rings is 1. The average molecular weight is 234 g/mol. The van der Waals surface area contributed by atoms with Gasteiger partial charge in [-0.05, 0) is 30.5 Å². The van der Waals surface area contributed by atoms with Gasteiger partial charge in [-0.2, -0.15) is 0 Å². The molecule has 2 atom stereocenters. The normalized spacial score (nSPS) is 24.6. The predicted molar refractivity (Wildman–Crippen MR) is 70.1 cm³/mol. The first-order valence-electron chi connectivity index (χ1n) is 6.41. The number of ether oxygens (including phenoxy) is 1. The van der Waals surface area contributed by atoms with Gasteiger partial charge in [-0.15, -0.1) is 0 Å². The Hall–Kier alpha value is -1.06. The smallest absolute Gasteiger partial charge is 0.118 e. The maximum atomic E-state index is 6.11. The van der Waals surface area contributed by atoms with Crippen molar-refractivity contribution >= 4 is 0 Å². The molecule has 3 heteroatoms. The fourth-order valence-corrected chi connectivity index (χ4v) is 2.41. The van der Waals surface area contributed by atoms with Crippen LogP contribution in [0.25, 0.3) is 0 Å². The molecule has 94 valence electrons. The van der Waals surface area contributed by atoms with E-state index in [1.807, 2.05) is 12.1 Å². The van der Waals surface area contributed by atoms with Crippen LogP contribution in [0.1, 0.15) is 31.2 Å². The summed E-state index contributed by atoms with van der Waals surface area (Å²) in [6.45, 7) is 0.891. The van der Waals surface area contributed by atoms with Crippen molar-refractivity contribution < 1.29 is 4.74 Å². The van der Waals surface area contributed by atoms with Crippen molar-refractivity contribution in [1.82, 2.24) is 5.32 Å². The molecular weight excluding hydrogens is 212 g/mol. The lowest BCUT2D eigenvalue weighted by atomic mass is 9.91. The van der Waals surface area contributed by atoms with Crippen LogP contribution in [0.5, 0.6) is 5.75 Å². The summed E-state index contributed by atoms with van der Waals surface area (Å²) in [7, 11) is 1.69. The van der Waals surface area contributed by atoms with E-state index in [1.54, 1.807) is 7.11 Å². The number of hydrogen-bond donors (Lipinski definition) is 2. The lowest BCUT2D eigenvalue weighted by molar-refractivity contribution is 0.326. The molecule has 17 heavy (non-hydrogen) atoms. The van der Waals surface area contributed by atoms with Crippen LogP contribution in [0.15, 0.2) is 24.3 Å². The molecule has 0 aromatic heterocycles. The summed E-state index contributed by atoms with van der Waals surface area (Å²) in [5.74, 6) is 0.906. The SMILES string of the molecule is COc1ccc(CN[C@H]2CCCC[C@H]2N)cc1. The topological polar surface area (TPSA) is 47.3 Å². The standard InChI is InChI=1S/C14H22N2O/c1-17-12-8-6-11(7-9-12)10-16-14-5-3-2-4-13(14)15/h6-9,13-14,16H,2-5,10,15H2,1H3/t13-,14+/m1/s1. The van der Waals surface area contributed by atoms with E-state index in [-0.39, 0.29) is 0 Å². The minimum Gasteiger partial charge on any atom is -0.497 e. The van der Waals surface area contributed by atoms with Crippen LogP contribution < -0.4 is 15.8 Å². The van der Waals surface area contributed by atoms with E-state index in [4.69, 9.17) is 10.5 Å². The first-order valence-corrected chi connectivity index (χ1v) is 6.41. The number of rotatable bonds is 4. The van der Waals surface area contributed by atoms with Crippen LogP contribution >= 0.6 is 0 Å². The minimum absolute atomic E-state index is 0.321. The lowest BCUT2D eigenvalue weighted by Crippen LogP contribution is -2.46. The fourth-order valence-electron chi connectivity index (χ4n) is 2.41. The molecule has 0 spiro atoms.